The molecule has 0 spiro atoms. The van der Waals surface area contributed by atoms with Gasteiger partial charge in [0.1, 0.15) is 11.6 Å². The molecule has 1 aromatic carbocycles. The molecule has 0 saturated heterocycles. The van der Waals surface area contributed by atoms with Gasteiger partial charge in [-0.05, 0) is 47.0 Å². The van der Waals surface area contributed by atoms with Crippen LogP contribution in [-0.2, 0) is 5.33 Å². The van der Waals surface area contributed by atoms with E-state index < -0.39 is 0 Å². The summed E-state index contributed by atoms with van der Waals surface area (Å²) < 4.78 is 16.2. The molecule has 1 aliphatic carbocycles. The first-order chi connectivity index (χ1) is 8.70. The van der Waals surface area contributed by atoms with Crippen molar-refractivity contribution in [3.05, 3.63) is 34.3 Å². The van der Waals surface area contributed by atoms with E-state index in [9.17, 15) is 4.39 Å². The summed E-state index contributed by atoms with van der Waals surface area (Å²) >= 11 is 6.57. The largest absolute Gasteiger partial charge is 0.307 e. The highest BCUT2D eigenvalue weighted by Gasteiger charge is 2.29. The molecule has 1 fully saturated rings. The van der Waals surface area contributed by atoms with Gasteiger partial charge >= 0.3 is 0 Å². The maximum atomic E-state index is 13.6. The lowest BCUT2D eigenvalue weighted by Gasteiger charge is -2.08. The van der Waals surface area contributed by atoms with E-state index in [4.69, 9.17) is 0 Å². The molecule has 3 nitrogen and oxygen atoms in total. The van der Waals surface area contributed by atoms with Crippen molar-refractivity contribution in [2.75, 3.05) is 0 Å². The Balaban J connectivity index is 2.10. The van der Waals surface area contributed by atoms with Gasteiger partial charge in [-0.1, -0.05) is 15.9 Å². The second kappa shape index (κ2) is 4.74. The number of rotatable bonds is 3. The molecular formula is C12H10Br2FN3. The molecule has 1 saturated carbocycles. The molecular weight excluding hydrogens is 365 g/mol. The van der Waals surface area contributed by atoms with E-state index in [0.717, 1.165) is 30.1 Å². The second-order valence-electron chi connectivity index (χ2n) is 4.30. The van der Waals surface area contributed by atoms with E-state index in [2.05, 4.69) is 46.6 Å². The molecule has 0 radical (unpaired) electrons. The van der Waals surface area contributed by atoms with Crippen LogP contribution in [0.5, 0.6) is 0 Å². The fourth-order valence-electron chi connectivity index (χ4n) is 1.96. The highest BCUT2D eigenvalue weighted by Crippen LogP contribution is 2.39. The molecule has 18 heavy (non-hydrogen) atoms. The van der Waals surface area contributed by atoms with Crippen molar-refractivity contribution in [1.29, 1.82) is 0 Å². The lowest BCUT2D eigenvalue weighted by Crippen LogP contribution is -2.02. The van der Waals surface area contributed by atoms with Crippen molar-refractivity contribution < 1.29 is 4.39 Å². The van der Waals surface area contributed by atoms with Crippen molar-refractivity contribution in [1.82, 2.24) is 14.8 Å². The minimum Gasteiger partial charge on any atom is -0.307 e. The summed E-state index contributed by atoms with van der Waals surface area (Å²) in [5.74, 6) is 1.37. The molecule has 2 aromatic rings. The molecule has 1 aromatic heterocycles. The van der Waals surface area contributed by atoms with Gasteiger partial charge < -0.3 is 4.57 Å². The highest BCUT2D eigenvalue weighted by molar-refractivity contribution is 9.10. The number of hydrogen-bond donors (Lipinski definition) is 0. The number of hydrogen-bond acceptors (Lipinski definition) is 2. The molecule has 1 heterocycles. The Morgan fingerprint density at radius 1 is 1.33 bits per heavy atom. The third-order valence-electron chi connectivity index (χ3n) is 2.98. The van der Waals surface area contributed by atoms with Crippen molar-refractivity contribution in [3.63, 3.8) is 0 Å². The summed E-state index contributed by atoms with van der Waals surface area (Å²) in [5, 5.41) is 9.01. The second-order valence-corrected chi connectivity index (χ2v) is 5.72. The van der Waals surface area contributed by atoms with Gasteiger partial charge in [0.2, 0.25) is 0 Å². The Morgan fingerprint density at radius 2 is 2.11 bits per heavy atom. The van der Waals surface area contributed by atoms with Gasteiger partial charge in [0.25, 0.3) is 0 Å². The highest BCUT2D eigenvalue weighted by atomic mass is 79.9. The van der Waals surface area contributed by atoms with Crippen molar-refractivity contribution in [3.8, 4) is 11.4 Å². The molecule has 0 unspecified atom stereocenters. The van der Waals surface area contributed by atoms with Gasteiger partial charge in [-0.2, -0.15) is 0 Å². The Hall–Kier alpha value is -0.750. The molecule has 0 N–H and O–H groups in total. The summed E-state index contributed by atoms with van der Waals surface area (Å²) in [6.07, 6.45) is 2.29. The summed E-state index contributed by atoms with van der Waals surface area (Å²) in [5.41, 5.74) is 0.766. The van der Waals surface area contributed by atoms with Gasteiger partial charge in [-0.3, -0.25) is 0 Å². The zero-order chi connectivity index (χ0) is 12.7. The van der Waals surface area contributed by atoms with Gasteiger partial charge in [-0.25, -0.2) is 4.39 Å². The molecule has 6 heteroatoms. The predicted octanol–water partition coefficient (Wildman–Crippen LogP) is 4.08. The first-order valence-corrected chi connectivity index (χ1v) is 7.57. The predicted molar refractivity (Wildman–Crippen MR) is 74.0 cm³/mol. The Bertz CT molecular complexity index is 593. The monoisotopic (exact) mass is 373 g/mol. The normalized spacial score (nSPS) is 15.1. The molecule has 0 bridgehead atoms. The van der Waals surface area contributed by atoms with E-state index in [1.54, 1.807) is 6.07 Å². The summed E-state index contributed by atoms with van der Waals surface area (Å²) in [7, 11) is 0. The van der Waals surface area contributed by atoms with Crippen LogP contribution in [0.1, 0.15) is 24.7 Å². The third-order valence-corrected chi connectivity index (χ3v) is 4.12. The van der Waals surface area contributed by atoms with Crippen LogP contribution in [0.2, 0.25) is 0 Å². The SMILES string of the molecule is Fc1cc(-c2nnc(CBr)n2C2CC2)ccc1Br. The average Bonchev–Trinajstić information content (AvgIpc) is 3.12. The van der Waals surface area contributed by atoms with Crippen LogP contribution in [0.4, 0.5) is 4.39 Å². The topological polar surface area (TPSA) is 30.7 Å². The Morgan fingerprint density at radius 3 is 2.72 bits per heavy atom. The standard InChI is InChI=1S/C12H10Br2FN3/c13-6-11-16-17-12(18(11)8-2-3-8)7-1-4-9(14)10(15)5-7/h1,4-5,8H,2-3,6H2. The average molecular weight is 375 g/mol. The van der Waals surface area contributed by atoms with Crippen molar-refractivity contribution in [2.24, 2.45) is 0 Å². The number of halogens is 3. The van der Waals surface area contributed by atoms with Crippen LogP contribution < -0.4 is 0 Å². The van der Waals surface area contributed by atoms with Crippen LogP contribution in [0.25, 0.3) is 11.4 Å². The zero-order valence-corrected chi connectivity index (χ0v) is 12.6. The minimum atomic E-state index is -0.279. The van der Waals surface area contributed by atoms with Crippen molar-refractivity contribution in [2.45, 2.75) is 24.2 Å². The Kier molecular flexibility index (Phi) is 3.23. The van der Waals surface area contributed by atoms with Gasteiger partial charge in [0.15, 0.2) is 5.82 Å². The molecule has 94 valence electrons. The fraction of sp³-hybridized carbons (Fsp3) is 0.333. The van der Waals surface area contributed by atoms with E-state index in [1.807, 2.05) is 6.07 Å². The van der Waals surface area contributed by atoms with E-state index >= 15 is 0 Å². The molecule has 0 atom stereocenters. The van der Waals surface area contributed by atoms with Crippen LogP contribution in [0.3, 0.4) is 0 Å². The molecule has 0 amide bonds. The lowest BCUT2D eigenvalue weighted by molar-refractivity contribution is 0.621. The van der Waals surface area contributed by atoms with Crippen LogP contribution >= 0.6 is 31.9 Å². The summed E-state index contributed by atoms with van der Waals surface area (Å²) in [6, 6.07) is 5.51. The van der Waals surface area contributed by atoms with Crippen molar-refractivity contribution >= 4 is 31.9 Å². The third kappa shape index (κ3) is 2.12. The van der Waals surface area contributed by atoms with E-state index in [0.29, 0.717) is 15.8 Å². The van der Waals surface area contributed by atoms with Gasteiger partial charge in [0.05, 0.1) is 9.80 Å². The number of aromatic nitrogens is 3. The van der Waals surface area contributed by atoms with Crippen LogP contribution in [0, 0.1) is 5.82 Å². The Labute approximate surface area is 121 Å². The molecule has 3 rings (SSSR count). The molecule has 1 aliphatic rings. The van der Waals surface area contributed by atoms with Gasteiger partial charge in [-0.15, -0.1) is 10.2 Å². The zero-order valence-electron chi connectivity index (χ0n) is 9.41. The fourth-order valence-corrected chi connectivity index (χ4v) is 2.59. The van der Waals surface area contributed by atoms with Gasteiger partial charge in [0, 0.05) is 11.6 Å². The van der Waals surface area contributed by atoms with Crippen LogP contribution in [0.15, 0.2) is 22.7 Å². The molecule has 0 aliphatic heterocycles. The first-order valence-electron chi connectivity index (χ1n) is 5.66. The summed E-state index contributed by atoms with van der Waals surface area (Å²) in [6.45, 7) is 0. The van der Waals surface area contributed by atoms with Crippen LogP contribution in [-0.4, -0.2) is 14.8 Å². The maximum absolute atomic E-state index is 13.6. The first kappa shape index (κ1) is 12.3. The number of benzene rings is 1. The maximum Gasteiger partial charge on any atom is 0.164 e. The minimum absolute atomic E-state index is 0.279. The summed E-state index contributed by atoms with van der Waals surface area (Å²) in [4.78, 5) is 0. The lowest BCUT2D eigenvalue weighted by atomic mass is 10.2. The van der Waals surface area contributed by atoms with E-state index in [1.165, 1.54) is 6.07 Å². The number of nitrogens with zero attached hydrogens (tertiary/aromatic N) is 3. The quantitative estimate of drug-likeness (QED) is 0.758. The smallest absolute Gasteiger partial charge is 0.164 e. The number of alkyl halides is 1. The van der Waals surface area contributed by atoms with E-state index in [-0.39, 0.29) is 5.82 Å².